The molecule has 0 saturated carbocycles. The Morgan fingerprint density at radius 3 is 2.76 bits per heavy atom. The van der Waals surface area contributed by atoms with E-state index < -0.39 is 18.2 Å². The van der Waals surface area contributed by atoms with E-state index in [1.165, 1.54) is 0 Å². The summed E-state index contributed by atoms with van der Waals surface area (Å²) in [7, 11) is 0. The van der Waals surface area contributed by atoms with E-state index in [1.807, 2.05) is 42.5 Å². The number of alkyl carbamates (subject to hydrolysis) is 1. The number of hydrogen-bond donors (Lipinski definition) is 2. The van der Waals surface area contributed by atoms with Crippen LogP contribution in [0, 0.1) is 11.8 Å². The fourth-order valence-corrected chi connectivity index (χ4v) is 5.51. The third-order valence-corrected chi connectivity index (χ3v) is 7.30. The topological polar surface area (TPSA) is 93.4 Å². The zero-order valence-electron chi connectivity index (χ0n) is 22.1. The van der Waals surface area contributed by atoms with Gasteiger partial charge in [0, 0.05) is 25.0 Å². The number of ether oxygens (including phenoxy) is 3. The van der Waals surface area contributed by atoms with Crippen molar-refractivity contribution < 1.29 is 28.5 Å². The lowest BCUT2D eigenvalue weighted by molar-refractivity contribution is -0.0907. The largest absolute Gasteiger partial charge is 0.464 e. The highest BCUT2D eigenvalue weighted by Crippen LogP contribution is 2.33. The molecule has 5 rings (SSSR count). The minimum absolute atomic E-state index is 0.0624. The van der Waals surface area contributed by atoms with E-state index in [0.717, 1.165) is 35.1 Å². The van der Waals surface area contributed by atoms with Gasteiger partial charge in [0.15, 0.2) is 6.29 Å². The second kappa shape index (κ2) is 12.3. The molecule has 38 heavy (non-hydrogen) atoms. The average Bonchev–Trinajstić information content (AvgIpc) is 3.62. The van der Waals surface area contributed by atoms with Crippen molar-refractivity contribution in [1.29, 1.82) is 0 Å². The van der Waals surface area contributed by atoms with E-state index in [4.69, 9.17) is 18.6 Å². The van der Waals surface area contributed by atoms with Gasteiger partial charge in [-0.05, 0) is 48.1 Å². The van der Waals surface area contributed by atoms with Crippen LogP contribution in [0.25, 0.3) is 11.0 Å². The minimum Gasteiger partial charge on any atom is -0.464 e. The van der Waals surface area contributed by atoms with Gasteiger partial charge in [-0.25, -0.2) is 4.79 Å². The van der Waals surface area contributed by atoms with Crippen molar-refractivity contribution >= 4 is 17.1 Å². The molecule has 0 aliphatic carbocycles. The number of fused-ring (bicyclic) bond motifs is 2. The first kappa shape index (κ1) is 26.7. The third-order valence-electron chi connectivity index (χ3n) is 7.30. The molecule has 0 unspecified atom stereocenters. The van der Waals surface area contributed by atoms with E-state index in [1.54, 1.807) is 6.26 Å². The second-order valence-electron chi connectivity index (χ2n) is 10.9. The molecule has 2 aliphatic rings. The summed E-state index contributed by atoms with van der Waals surface area (Å²) < 4.78 is 22.4. The number of nitrogens with one attached hydrogen (secondary N) is 1. The summed E-state index contributed by atoms with van der Waals surface area (Å²) in [6.07, 6.45) is 1.03. The van der Waals surface area contributed by atoms with Crippen molar-refractivity contribution in [2.45, 2.75) is 57.8 Å². The molecule has 5 atom stereocenters. The quantitative estimate of drug-likeness (QED) is 0.387. The zero-order valence-corrected chi connectivity index (χ0v) is 22.1. The zero-order chi connectivity index (χ0) is 26.5. The predicted molar refractivity (Wildman–Crippen MR) is 143 cm³/mol. The first-order valence-electron chi connectivity index (χ1n) is 13.6. The number of carbonyl (C=O) groups excluding carboxylic acids is 1. The molecule has 2 aliphatic heterocycles. The van der Waals surface area contributed by atoms with Crippen LogP contribution in [0.1, 0.15) is 31.4 Å². The number of amides is 1. The summed E-state index contributed by atoms with van der Waals surface area (Å²) in [5, 5.41) is 15.5. The van der Waals surface area contributed by atoms with Gasteiger partial charge in [-0.15, -0.1) is 0 Å². The Bertz CT molecular complexity index is 1180. The fraction of sp³-hybridized carbons (Fsp3) is 0.500. The second-order valence-corrected chi connectivity index (χ2v) is 10.9. The van der Waals surface area contributed by atoms with Gasteiger partial charge in [-0.2, -0.15) is 0 Å². The Morgan fingerprint density at radius 2 is 1.95 bits per heavy atom. The molecule has 0 spiro atoms. The lowest BCUT2D eigenvalue weighted by atomic mass is 10.00. The molecule has 1 aromatic heterocycles. The van der Waals surface area contributed by atoms with Crippen LogP contribution in [0.3, 0.4) is 0 Å². The third kappa shape index (κ3) is 6.74. The van der Waals surface area contributed by atoms with Crippen molar-refractivity contribution in [3.63, 3.8) is 0 Å². The van der Waals surface area contributed by atoms with E-state index >= 15 is 0 Å². The van der Waals surface area contributed by atoms with Gasteiger partial charge in [0.05, 0.1) is 37.5 Å². The molecule has 204 valence electrons. The highest BCUT2D eigenvalue weighted by Gasteiger charge is 2.44. The SMILES string of the molecule is CC(C)CN(Cc1ccc2occc2c1)C[C@@H](O)[C@H](Cc1ccccc1)NC(=O)O[C@H]1CO[C@H]2OCC[C@H]21. The number of aliphatic hydroxyl groups excluding tert-OH is 1. The standard InChI is InChI=1S/C30H38N2O6/c1-20(2)16-32(17-22-8-9-27-23(14-22)10-12-35-27)18-26(33)25(15-21-6-4-3-5-7-21)31-30(34)38-28-19-37-29-24(28)11-13-36-29/h3-10,12,14,20,24-26,28-29,33H,11,13,15-19H2,1-2H3,(H,31,34)/t24-,25-,26+,28-,29+/m0/s1. The molecule has 2 aromatic carbocycles. The Kier molecular flexibility index (Phi) is 8.64. The summed E-state index contributed by atoms with van der Waals surface area (Å²) in [6, 6.07) is 17.5. The van der Waals surface area contributed by atoms with Crippen molar-refractivity contribution in [3.8, 4) is 0 Å². The van der Waals surface area contributed by atoms with Gasteiger partial charge < -0.3 is 29.1 Å². The minimum atomic E-state index is -0.804. The van der Waals surface area contributed by atoms with Crippen molar-refractivity contribution in [3.05, 3.63) is 72.0 Å². The molecule has 8 nitrogen and oxygen atoms in total. The van der Waals surface area contributed by atoms with Crippen LogP contribution >= 0.6 is 0 Å². The van der Waals surface area contributed by atoms with Crippen LogP contribution < -0.4 is 5.32 Å². The Balaban J connectivity index is 1.27. The van der Waals surface area contributed by atoms with Crippen LogP contribution in [0.2, 0.25) is 0 Å². The lowest BCUT2D eigenvalue weighted by Gasteiger charge is -2.31. The van der Waals surface area contributed by atoms with E-state index in [9.17, 15) is 9.90 Å². The normalized spacial score (nSPS) is 22.6. The number of aliphatic hydroxyl groups is 1. The Morgan fingerprint density at radius 1 is 1.11 bits per heavy atom. The van der Waals surface area contributed by atoms with Crippen molar-refractivity contribution in [2.75, 3.05) is 26.3 Å². The number of nitrogens with zero attached hydrogens (tertiary/aromatic N) is 1. The number of benzene rings is 2. The maximum absolute atomic E-state index is 13.0. The molecule has 2 saturated heterocycles. The van der Waals surface area contributed by atoms with Gasteiger partial charge >= 0.3 is 6.09 Å². The van der Waals surface area contributed by atoms with Crippen LogP contribution in [0.4, 0.5) is 4.79 Å². The molecule has 1 amide bonds. The molecule has 2 N–H and O–H groups in total. The van der Waals surface area contributed by atoms with E-state index in [-0.39, 0.29) is 18.3 Å². The van der Waals surface area contributed by atoms with Gasteiger partial charge in [0.2, 0.25) is 0 Å². The van der Waals surface area contributed by atoms with Gasteiger partial charge in [0.25, 0.3) is 0 Å². The fourth-order valence-electron chi connectivity index (χ4n) is 5.51. The average molecular weight is 523 g/mol. The highest BCUT2D eigenvalue weighted by atomic mass is 16.7. The summed E-state index contributed by atoms with van der Waals surface area (Å²) >= 11 is 0. The van der Waals surface area contributed by atoms with Crippen LogP contribution in [0.5, 0.6) is 0 Å². The van der Waals surface area contributed by atoms with Gasteiger partial charge in [-0.1, -0.05) is 50.2 Å². The first-order valence-corrected chi connectivity index (χ1v) is 13.6. The lowest BCUT2D eigenvalue weighted by Crippen LogP contribution is -2.50. The molecule has 0 bridgehead atoms. The summed E-state index contributed by atoms with van der Waals surface area (Å²) in [4.78, 5) is 15.2. The first-order chi connectivity index (χ1) is 18.4. The molecule has 3 heterocycles. The predicted octanol–water partition coefficient (Wildman–Crippen LogP) is 4.35. The molecular weight excluding hydrogens is 484 g/mol. The summed E-state index contributed by atoms with van der Waals surface area (Å²) in [5.41, 5.74) is 3.04. The molecule has 0 radical (unpaired) electrons. The number of carbonyl (C=O) groups is 1. The molecule has 8 heteroatoms. The van der Waals surface area contributed by atoms with E-state index in [2.05, 4.69) is 36.2 Å². The van der Waals surface area contributed by atoms with Crippen molar-refractivity contribution in [2.24, 2.45) is 11.8 Å². The van der Waals surface area contributed by atoms with Crippen LogP contribution in [0.15, 0.2) is 65.3 Å². The molecule has 2 fully saturated rings. The van der Waals surface area contributed by atoms with Gasteiger partial charge in [0.1, 0.15) is 11.7 Å². The Hall–Kier alpha value is -2.91. The molecule has 3 aromatic rings. The van der Waals surface area contributed by atoms with Gasteiger partial charge in [-0.3, -0.25) is 4.90 Å². The monoisotopic (exact) mass is 522 g/mol. The van der Waals surface area contributed by atoms with Crippen LogP contribution in [-0.2, 0) is 27.2 Å². The highest BCUT2D eigenvalue weighted by molar-refractivity contribution is 5.77. The maximum Gasteiger partial charge on any atom is 0.407 e. The number of rotatable bonds is 11. The number of furan rings is 1. The number of hydrogen-bond acceptors (Lipinski definition) is 7. The van der Waals surface area contributed by atoms with Crippen LogP contribution in [-0.4, -0.2) is 66.9 Å². The van der Waals surface area contributed by atoms with E-state index in [0.29, 0.717) is 38.6 Å². The van der Waals surface area contributed by atoms with Crippen molar-refractivity contribution in [1.82, 2.24) is 10.2 Å². The molecular formula is C30H38N2O6. The summed E-state index contributed by atoms with van der Waals surface area (Å²) in [5.74, 6) is 0.474. The maximum atomic E-state index is 13.0. The smallest absolute Gasteiger partial charge is 0.407 e. The Labute approximate surface area is 223 Å². The summed E-state index contributed by atoms with van der Waals surface area (Å²) in [6.45, 7) is 7.18.